The molecule has 0 spiro atoms. The zero-order valence-corrected chi connectivity index (χ0v) is 22.1. The van der Waals surface area contributed by atoms with Gasteiger partial charge in [-0.3, -0.25) is 14.7 Å². The number of ether oxygens (including phenoxy) is 2. The SMILES string of the molecule is COc1ccc(OC)c2sc(N(Cc3ccccn3)C(=O)Cc3ccc(S(=O)(=O)C(C)C)cc3)nc12. The molecule has 188 valence electrons. The van der Waals surface area contributed by atoms with E-state index in [0.717, 1.165) is 4.70 Å². The zero-order valence-electron chi connectivity index (χ0n) is 20.5. The first-order chi connectivity index (χ1) is 17.2. The lowest BCUT2D eigenvalue weighted by Gasteiger charge is -2.20. The fourth-order valence-electron chi connectivity index (χ4n) is 3.65. The number of anilines is 1. The fraction of sp³-hybridized carbons (Fsp3) is 0.269. The number of sulfone groups is 1. The third-order valence-electron chi connectivity index (χ3n) is 5.71. The summed E-state index contributed by atoms with van der Waals surface area (Å²) in [4.78, 5) is 24.5. The van der Waals surface area contributed by atoms with E-state index < -0.39 is 15.1 Å². The Kier molecular flexibility index (Phi) is 7.56. The van der Waals surface area contributed by atoms with Crippen molar-refractivity contribution in [1.29, 1.82) is 0 Å². The normalized spacial score (nSPS) is 11.6. The van der Waals surface area contributed by atoms with Crippen LogP contribution in [-0.4, -0.2) is 43.8 Å². The van der Waals surface area contributed by atoms with Crippen molar-refractivity contribution in [3.05, 3.63) is 72.1 Å². The number of carbonyl (C=O) groups excluding carboxylic acids is 1. The highest BCUT2D eigenvalue weighted by atomic mass is 32.2. The van der Waals surface area contributed by atoms with Crippen molar-refractivity contribution in [3.8, 4) is 11.5 Å². The predicted molar refractivity (Wildman–Crippen MR) is 141 cm³/mol. The van der Waals surface area contributed by atoms with Crippen molar-refractivity contribution >= 4 is 42.4 Å². The third kappa shape index (κ3) is 5.19. The molecular weight excluding hydrogens is 498 g/mol. The number of thiazole rings is 1. The van der Waals surface area contributed by atoms with Crippen LogP contribution in [0.3, 0.4) is 0 Å². The second kappa shape index (κ2) is 10.6. The molecule has 0 bridgehead atoms. The van der Waals surface area contributed by atoms with Crippen molar-refractivity contribution in [2.24, 2.45) is 0 Å². The molecule has 4 rings (SSSR count). The predicted octanol–water partition coefficient (Wildman–Crippen LogP) is 4.67. The Bertz CT molecular complexity index is 1430. The summed E-state index contributed by atoms with van der Waals surface area (Å²) in [6.45, 7) is 3.51. The summed E-state index contributed by atoms with van der Waals surface area (Å²) in [6, 6.07) is 15.6. The number of hydrogen-bond donors (Lipinski definition) is 0. The molecule has 8 nitrogen and oxygen atoms in total. The standard InChI is InChI=1S/C26H27N3O5S2/c1-17(2)36(31,32)20-10-8-18(9-11-20)15-23(30)29(16-19-7-5-6-14-27-19)26-28-24-21(33-3)12-13-22(34-4)25(24)35-26/h5-14,17H,15-16H2,1-4H3. The van der Waals surface area contributed by atoms with Gasteiger partial charge in [-0.25, -0.2) is 13.4 Å². The van der Waals surface area contributed by atoms with Crippen molar-refractivity contribution in [3.63, 3.8) is 0 Å². The van der Waals surface area contributed by atoms with Gasteiger partial charge in [-0.2, -0.15) is 0 Å². The average molecular weight is 526 g/mol. The van der Waals surface area contributed by atoms with Crippen LogP contribution in [0.4, 0.5) is 5.13 Å². The van der Waals surface area contributed by atoms with Crippen LogP contribution < -0.4 is 14.4 Å². The van der Waals surface area contributed by atoms with Gasteiger partial charge in [0.1, 0.15) is 21.7 Å². The van der Waals surface area contributed by atoms with Crippen LogP contribution >= 0.6 is 11.3 Å². The van der Waals surface area contributed by atoms with Gasteiger partial charge >= 0.3 is 0 Å². The Morgan fingerprint density at radius 3 is 2.31 bits per heavy atom. The Morgan fingerprint density at radius 1 is 1.00 bits per heavy atom. The molecule has 4 aromatic rings. The Morgan fingerprint density at radius 2 is 1.69 bits per heavy atom. The summed E-state index contributed by atoms with van der Waals surface area (Å²) < 4.78 is 36.6. The van der Waals surface area contributed by atoms with Gasteiger partial charge in [-0.05, 0) is 55.8 Å². The molecule has 0 atom stereocenters. The van der Waals surface area contributed by atoms with Crippen LogP contribution in [0.15, 0.2) is 65.7 Å². The zero-order chi connectivity index (χ0) is 25.9. The van der Waals surface area contributed by atoms with Crippen LogP contribution in [0.1, 0.15) is 25.1 Å². The molecule has 0 aliphatic heterocycles. The van der Waals surface area contributed by atoms with Crippen LogP contribution in [0.5, 0.6) is 11.5 Å². The summed E-state index contributed by atoms with van der Waals surface area (Å²) in [6.07, 6.45) is 1.75. The van der Waals surface area contributed by atoms with Crippen molar-refractivity contribution in [1.82, 2.24) is 9.97 Å². The maximum atomic E-state index is 13.6. The van der Waals surface area contributed by atoms with E-state index in [2.05, 4.69) is 4.98 Å². The second-order valence-electron chi connectivity index (χ2n) is 8.36. The van der Waals surface area contributed by atoms with Gasteiger partial charge in [0.25, 0.3) is 0 Å². The molecule has 0 radical (unpaired) electrons. The fourth-order valence-corrected chi connectivity index (χ4v) is 5.80. The van der Waals surface area contributed by atoms with Gasteiger partial charge in [-0.15, -0.1) is 0 Å². The molecular formula is C26H27N3O5S2. The smallest absolute Gasteiger partial charge is 0.233 e. The number of hydrogen-bond acceptors (Lipinski definition) is 8. The first kappa shape index (κ1) is 25.6. The van der Waals surface area contributed by atoms with Crippen LogP contribution in [0.25, 0.3) is 10.2 Å². The van der Waals surface area contributed by atoms with E-state index in [1.807, 2.05) is 18.2 Å². The number of fused-ring (bicyclic) bond motifs is 1. The molecule has 0 aliphatic carbocycles. The highest BCUT2D eigenvalue weighted by Crippen LogP contribution is 2.40. The molecule has 2 heterocycles. The minimum atomic E-state index is -3.39. The quantitative estimate of drug-likeness (QED) is 0.313. The summed E-state index contributed by atoms with van der Waals surface area (Å²) in [7, 11) is -0.232. The number of carbonyl (C=O) groups is 1. The lowest BCUT2D eigenvalue weighted by Crippen LogP contribution is -2.32. The first-order valence-corrected chi connectivity index (χ1v) is 13.7. The van der Waals surface area contributed by atoms with Gasteiger partial charge in [-0.1, -0.05) is 29.5 Å². The highest BCUT2D eigenvalue weighted by molar-refractivity contribution is 7.92. The Hall–Kier alpha value is -3.50. The van der Waals surface area contributed by atoms with Crippen LogP contribution in [0.2, 0.25) is 0 Å². The number of benzene rings is 2. The molecule has 0 aliphatic rings. The molecule has 10 heteroatoms. The lowest BCUT2D eigenvalue weighted by molar-refractivity contribution is -0.118. The summed E-state index contributed by atoms with van der Waals surface area (Å²) in [5.41, 5.74) is 2.02. The van der Waals surface area contributed by atoms with Gasteiger partial charge in [0, 0.05) is 6.20 Å². The maximum absolute atomic E-state index is 13.6. The molecule has 36 heavy (non-hydrogen) atoms. The van der Waals surface area contributed by atoms with Gasteiger partial charge in [0.05, 0.1) is 43.0 Å². The number of aromatic nitrogens is 2. The topological polar surface area (TPSA) is 98.7 Å². The van der Waals surface area contributed by atoms with Crippen molar-refractivity contribution < 1.29 is 22.7 Å². The van der Waals surface area contributed by atoms with Crippen molar-refractivity contribution in [2.45, 2.75) is 37.0 Å². The lowest BCUT2D eigenvalue weighted by atomic mass is 10.1. The largest absolute Gasteiger partial charge is 0.495 e. The second-order valence-corrected chi connectivity index (χ2v) is 11.8. The van der Waals surface area contributed by atoms with Crippen LogP contribution in [0, 0.1) is 0 Å². The van der Waals surface area contributed by atoms with Crippen LogP contribution in [-0.2, 0) is 27.6 Å². The summed E-state index contributed by atoms with van der Waals surface area (Å²) in [5.74, 6) is 1.03. The Balaban J connectivity index is 1.69. The van der Waals surface area contributed by atoms with Gasteiger partial charge in [0.15, 0.2) is 15.0 Å². The van der Waals surface area contributed by atoms with E-state index in [4.69, 9.17) is 14.5 Å². The van der Waals surface area contributed by atoms with E-state index >= 15 is 0 Å². The molecule has 2 aromatic heterocycles. The van der Waals surface area contributed by atoms with E-state index in [1.165, 1.54) is 11.3 Å². The maximum Gasteiger partial charge on any atom is 0.233 e. The molecule has 2 aromatic carbocycles. The number of methoxy groups -OCH3 is 2. The number of amides is 1. The number of rotatable bonds is 9. The number of pyridine rings is 1. The minimum absolute atomic E-state index is 0.0685. The van der Waals surface area contributed by atoms with E-state index in [0.29, 0.717) is 33.4 Å². The van der Waals surface area contributed by atoms with E-state index in [9.17, 15) is 13.2 Å². The minimum Gasteiger partial charge on any atom is -0.495 e. The number of nitrogens with zero attached hydrogens (tertiary/aromatic N) is 3. The third-order valence-corrected chi connectivity index (χ3v) is 8.97. The monoisotopic (exact) mass is 525 g/mol. The average Bonchev–Trinajstić information content (AvgIpc) is 3.32. The van der Waals surface area contributed by atoms with Gasteiger partial charge < -0.3 is 9.47 Å². The van der Waals surface area contributed by atoms with E-state index in [-0.39, 0.29) is 23.8 Å². The first-order valence-electron chi connectivity index (χ1n) is 11.3. The molecule has 1 amide bonds. The van der Waals surface area contributed by atoms with E-state index in [1.54, 1.807) is 75.6 Å². The van der Waals surface area contributed by atoms with Crippen molar-refractivity contribution in [2.75, 3.05) is 19.1 Å². The molecule has 0 saturated heterocycles. The Labute approximate surface area is 214 Å². The summed E-state index contributed by atoms with van der Waals surface area (Å²) in [5, 5.41) is -0.0330. The van der Waals surface area contributed by atoms with Gasteiger partial charge in [0.2, 0.25) is 5.91 Å². The molecule has 0 saturated carbocycles. The molecule has 0 fully saturated rings. The molecule has 0 unspecified atom stereocenters. The molecule has 0 N–H and O–H groups in total. The highest BCUT2D eigenvalue weighted by Gasteiger charge is 2.24. The summed E-state index contributed by atoms with van der Waals surface area (Å²) >= 11 is 1.34.